The van der Waals surface area contributed by atoms with Crippen molar-refractivity contribution >= 4 is 12.0 Å². The fourth-order valence-electron chi connectivity index (χ4n) is 1.55. The van der Waals surface area contributed by atoms with Gasteiger partial charge in [0.15, 0.2) is 0 Å². The Labute approximate surface area is 102 Å². The molecule has 0 heterocycles. The summed E-state index contributed by atoms with van der Waals surface area (Å²) in [6, 6.07) is 5.96. The minimum Gasteiger partial charge on any atom is -0.392 e. The van der Waals surface area contributed by atoms with Crippen molar-refractivity contribution in [2.45, 2.75) is 26.9 Å². The van der Waals surface area contributed by atoms with Crippen molar-refractivity contribution in [1.82, 2.24) is 5.32 Å². The van der Waals surface area contributed by atoms with Crippen LogP contribution < -0.4 is 5.32 Å². The zero-order chi connectivity index (χ0) is 12.7. The molecule has 3 heteroatoms. The molecule has 0 unspecified atom stereocenters. The van der Waals surface area contributed by atoms with Crippen LogP contribution in [-0.2, 0) is 11.4 Å². The largest absolute Gasteiger partial charge is 0.392 e. The van der Waals surface area contributed by atoms with Crippen molar-refractivity contribution in [3.8, 4) is 0 Å². The highest BCUT2D eigenvalue weighted by Gasteiger charge is 1.96. The van der Waals surface area contributed by atoms with E-state index in [0.717, 1.165) is 23.1 Å². The first kappa shape index (κ1) is 13.5. The lowest BCUT2D eigenvalue weighted by Crippen LogP contribution is -2.20. The Morgan fingerprint density at radius 2 is 2.24 bits per heavy atom. The molecule has 0 radical (unpaired) electrons. The Bertz CT molecular complexity index is 411. The lowest BCUT2D eigenvalue weighted by molar-refractivity contribution is -0.118. The van der Waals surface area contributed by atoms with Gasteiger partial charge in [-0.25, -0.2) is 0 Å². The summed E-state index contributed by atoms with van der Waals surface area (Å²) in [5.74, 6) is 0.00143. The second-order valence-corrected chi connectivity index (χ2v) is 4.02. The molecule has 0 aromatic heterocycles. The van der Waals surface area contributed by atoms with Gasteiger partial charge in [-0.15, -0.1) is 0 Å². The SMILES string of the molecule is CC(=O)NCCC=Cc1ccc(CO)c(C)c1. The number of rotatable bonds is 5. The van der Waals surface area contributed by atoms with Crippen LogP contribution in [-0.4, -0.2) is 17.6 Å². The summed E-state index contributed by atoms with van der Waals surface area (Å²) < 4.78 is 0. The van der Waals surface area contributed by atoms with Crippen LogP contribution in [0.25, 0.3) is 6.08 Å². The Kier molecular flexibility index (Phi) is 5.43. The third-order valence-corrected chi connectivity index (χ3v) is 2.53. The van der Waals surface area contributed by atoms with Gasteiger partial charge in [-0.05, 0) is 30.0 Å². The Morgan fingerprint density at radius 3 is 2.82 bits per heavy atom. The predicted molar refractivity (Wildman–Crippen MR) is 69.4 cm³/mol. The molecule has 17 heavy (non-hydrogen) atoms. The van der Waals surface area contributed by atoms with Gasteiger partial charge in [0.2, 0.25) is 5.91 Å². The van der Waals surface area contributed by atoms with Crippen LogP contribution in [0, 0.1) is 6.92 Å². The zero-order valence-corrected chi connectivity index (χ0v) is 10.4. The molecule has 1 aromatic carbocycles. The third-order valence-electron chi connectivity index (χ3n) is 2.53. The van der Waals surface area contributed by atoms with Crippen molar-refractivity contribution in [2.75, 3.05) is 6.54 Å². The molecule has 1 rings (SSSR count). The lowest BCUT2D eigenvalue weighted by atomic mass is 10.1. The monoisotopic (exact) mass is 233 g/mol. The van der Waals surface area contributed by atoms with Crippen LogP contribution in [0.5, 0.6) is 0 Å². The number of hydrogen-bond donors (Lipinski definition) is 2. The van der Waals surface area contributed by atoms with Crippen molar-refractivity contribution in [1.29, 1.82) is 0 Å². The van der Waals surface area contributed by atoms with Gasteiger partial charge in [-0.3, -0.25) is 4.79 Å². The summed E-state index contributed by atoms with van der Waals surface area (Å²) in [6.45, 7) is 4.25. The minimum atomic E-state index is 0.00143. The maximum Gasteiger partial charge on any atom is 0.216 e. The van der Waals surface area contributed by atoms with E-state index in [2.05, 4.69) is 5.32 Å². The number of amides is 1. The van der Waals surface area contributed by atoms with Gasteiger partial charge in [0.25, 0.3) is 0 Å². The van der Waals surface area contributed by atoms with E-state index in [1.165, 1.54) is 6.92 Å². The van der Waals surface area contributed by atoms with E-state index in [-0.39, 0.29) is 12.5 Å². The van der Waals surface area contributed by atoms with E-state index in [1.54, 1.807) is 0 Å². The number of aliphatic hydroxyl groups excluding tert-OH is 1. The van der Waals surface area contributed by atoms with Gasteiger partial charge in [0, 0.05) is 13.5 Å². The molecule has 0 aliphatic rings. The van der Waals surface area contributed by atoms with E-state index in [0.29, 0.717) is 6.54 Å². The molecule has 0 aliphatic heterocycles. The number of aliphatic hydroxyl groups is 1. The number of aryl methyl sites for hydroxylation is 1. The maximum absolute atomic E-state index is 10.6. The summed E-state index contributed by atoms with van der Waals surface area (Å²) in [5, 5.41) is 11.8. The summed E-state index contributed by atoms with van der Waals surface area (Å²) in [7, 11) is 0. The molecule has 1 amide bonds. The molecule has 0 fully saturated rings. The van der Waals surface area contributed by atoms with E-state index < -0.39 is 0 Å². The van der Waals surface area contributed by atoms with E-state index in [1.807, 2.05) is 37.3 Å². The van der Waals surface area contributed by atoms with E-state index >= 15 is 0 Å². The topological polar surface area (TPSA) is 49.3 Å². The first-order chi connectivity index (χ1) is 8.13. The highest BCUT2D eigenvalue weighted by atomic mass is 16.3. The van der Waals surface area contributed by atoms with Crippen LogP contribution in [0.3, 0.4) is 0 Å². The molecular formula is C14H19NO2. The van der Waals surface area contributed by atoms with Gasteiger partial charge in [-0.1, -0.05) is 30.4 Å². The van der Waals surface area contributed by atoms with Crippen molar-refractivity contribution in [3.05, 3.63) is 41.0 Å². The van der Waals surface area contributed by atoms with Crippen molar-refractivity contribution in [2.24, 2.45) is 0 Å². The highest BCUT2D eigenvalue weighted by Crippen LogP contribution is 2.12. The molecule has 0 aliphatic carbocycles. The van der Waals surface area contributed by atoms with Crippen molar-refractivity contribution < 1.29 is 9.90 Å². The van der Waals surface area contributed by atoms with Crippen molar-refractivity contribution in [3.63, 3.8) is 0 Å². The number of hydrogen-bond acceptors (Lipinski definition) is 2. The Morgan fingerprint density at radius 1 is 1.47 bits per heavy atom. The Balaban J connectivity index is 2.48. The van der Waals surface area contributed by atoms with Gasteiger partial charge in [0.05, 0.1) is 6.61 Å². The summed E-state index contributed by atoms with van der Waals surface area (Å²) in [4.78, 5) is 10.6. The molecular weight excluding hydrogens is 214 g/mol. The molecule has 0 saturated heterocycles. The molecule has 92 valence electrons. The van der Waals surface area contributed by atoms with Gasteiger partial charge in [-0.2, -0.15) is 0 Å². The normalized spacial score (nSPS) is 10.8. The maximum atomic E-state index is 10.6. The number of nitrogens with one attached hydrogen (secondary N) is 1. The standard InChI is InChI=1S/C14H19NO2/c1-11-9-13(6-7-14(11)10-16)5-3-4-8-15-12(2)17/h3,5-7,9,16H,4,8,10H2,1-2H3,(H,15,17). The summed E-state index contributed by atoms with van der Waals surface area (Å²) in [6.07, 6.45) is 4.87. The lowest BCUT2D eigenvalue weighted by Gasteiger charge is -2.03. The Hall–Kier alpha value is -1.61. The number of benzene rings is 1. The first-order valence-electron chi connectivity index (χ1n) is 5.75. The molecule has 2 N–H and O–H groups in total. The summed E-state index contributed by atoms with van der Waals surface area (Å²) >= 11 is 0. The van der Waals surface area contributed by atoms with Gasteiger partial charge < -0.3 is 10.4 Å². The molecule has 3 nitrogen and oxygen atoms in total. The third kappa shape index (κ3) is 4.83. The molecule has 0 spiro atoms. The molecule has 0 saturated carbocycles. The predicted octanol–water partition coefficient (Wildman–Crippen LogP) is 2.03. The van der Waals surface area contributed by atoms with Crippen LogP contribution in [0.4, 0.5) is 0 Å². The molecule has 1 aromatic rings. The minimum absolute atomic E-state index is 0.00143. The smallest absolute Gasteiger partial charge is 0.216 e. The molecule has 0 bridgehead atoms. The quantitative estimate of drug-likeness (QED) is 0.764. The zero-order valence-electron chi connectivity index (χ0n) is 10.4. The van der Waals surface area contributed by atoms with Crippen LogP contribution in [0.1, 0.15) is 30.0 Å². The van der Waals surface area contributed by atoms with Gasteiger partial charge in [0.1, 0.15) is 0 Å². The average Bonchev–Trinajstić information content (AvgIpc) is 2.28. The first-order valence-corrected chi connectivity index (χ1v) is 5.75. The van der Waals surface area contributed by atoms with E-state index in [4.69, 9.17) is 5.11 Å². The second-order valence-electron chi connectivity index (χ2n) is 4.02. The number of carbonyl (C=O) groups is 1. The average molecular weight is 233 g/mol. The van der Waals surface area contributed by atoms with Crippen LogP contribution >= 0.6 is 0 Å². The highest BCUT2D eigenvalue weighted by molar-refractivity contribution is 5.72. The molecule has 0 atom stereocenters. The number of carbonyl (C=O) groups excluding carboxylic acids is 1. The summed E-state index contributed by atoms with van der Waals surface area (Å²) in [5.41, 5.74) is 3.17. The van der Waals surface area contributed by atoms with Crippen LogP contribution in [0.2, 0.25) is 0 Å². The fourth-order valence-corrected chi connectivity index (χ4v) is 1.55. The van der Waals surface area contributed by atoms with E-state index in [9.17, 15) is 4.79 Å². The second kappa shape index (κ2) is 6.86. The fraction of sp³-hybridized carbons (Fsp3) is 0.357. The van der Waals surface area contributed by atoms with Gasteiger partial charge >= 0.3 is 0 Å². The van der Waals surface area contributed by atoms with Crippen LogP contribution in [0.15, 0.2) is 24.3 Å².